The van der Waals surface area contributed by atoms with Gasteiger partial charge in [-0.25, -0.2) is 13.6 Å². The van der Waals surface area contributed by atoms with Crippen molar-refractivity contribution < 1.29 is 33.1 Å². The van der Waals surface area contributed by atoms with Crippen LogP contribution in [0, 0.1) is 0 Å². The second kappa shape index (κ2) is 9.03. The van der Waals surface area contributed by atoms with E-state index in [0.717, 1.165) is 4.90 Å². The summed E-state index contributed by atoms with van der Waals surface area (Å²) in [7, 11) is 0. The number of ketones is 1. The highest BCUT2D eigenvalue weighted by molar-refractivity contribution is 6.09. The predicted molar refractivity (Wildman–Crippen MR) is 106 cm³/mol. The van der Waals surface area contributed by atoms with Gasteiger partial charge in [0, 0.05) is 23.1 Å². The molecule has 2 unspecified atom stereocenters. The van der Waals surface area contributed by atoms with Gasteiger partial charge >= 0.3 is 5.97 Å². The van der Waals surface area contributed by atoms with Crippen LogP contribution in [0.5, 0.6) is 0 Å². The molecule has 0 saturated carbocycles. The molecule has 1 fully saturated rings. The Morgan fingerprint density at radius 2 is 1.58 bits per heavy atom. The Morgan fingerprint density at radius 1 is 1.00 bits per heavy atom. The van der Waals surface area contributed by atoms with Gasteiger partial charge < -0.3 is 15.3 Å². The summed E-state index contributed by atoms with van der Waals surface area (Å²) in [4.78, 5) is 49.0. The van der Waals surface area contributed by atoms with E-state index in [1.165, 1.54) is 24.3 Å². The summed E-state index contributed by atoms with van der Waals surface area (Å²) >= 11 is 0. The van der Waals surface area contributed by atoms with Crippen LogP contribution in [0.25, 0.3) is 0 Å². The molecule has 2 N–H and O–H groups in total. The first kappa shape index (κ1) is 22.1. The summed E-state index contributed by atoms with van der Waals surface area (Å²) in [6.45, 7) is -2.66. The molecule has 0 bridgehead atoms. The molecule has 0 aromatic heterocycles. The topological polar surface area (TPSA) is 104 Å². The number of benzene rings is 2. The minimum atomic E-state index is -2.41. The number of hydrogen-bond acceptors (Lipinski definition) is 4. The molecule has 2 amide bonds. The number of nitrogens with zero attached hydrogens (tertiary/aromatic N) is 1. The zero-order valence-corrected chi connectivity index (χ0v) is 16.4. The Bertz CT molecular complexity index is 997. The first-order valence-corrected chi connectivity index (χ1v) is 9.49. The second-order valence-electron chi connectivity index (χ2n) is 7.32. The number of hydrogen-bond donors (Lipinski definition) is 2. The van der Waals surface area contributed by atoms with E-state index in [1.807, 2.05) is 0 Å². The number of aliphatic carboxylic acids is 1. The van der Waals surface area contributed by atoms with Crippen LogP contribution < -0.4 is 5.32 Å². The van der Waals surface area contributed by atoms with Crippen LogP contribution in [0.4, 0.5) is 8.78 Å². The number of halogens is 2. The lowest BCUT2D eigenvalue weighted by molar-refractivity contribution is -0.147. The lowest BCUT2D eigenvalue weighted by Crippen LogP contribution is -2.46. The highest BCUT2D eigenvalue weighted by atomic mass is 19.2. The van der Waals surface area contributed by atoms with Gasteiger partial charge in [0.1, 0.15) is 12.7 Å². The fraction of sp³-hybridized carbons (Fsp3) is 0.273. The largest absolute Gasteiger partial charge is 0.480 e. The minimum Gasteiger partial charge on any atom is -0.480 e. The van der Waals surface area contributed by atoms with E-state index < -0.39 is 55.7 Å². The number of likely N-dealkylation sites (tertiary alicyclic amines) is 1. The van der Waals surface area contributed by atoms with Gasteiger partial charge in [-0.3, -0.25) is 14.4 Å². The van der Waals surface area contributed by atoms with Crippen LogP contribution in [0.3, 0.4) is 0 Å². The number of alkyl halides is 2. The highest BCUT2D eigenvalue weighted by Gasteiger charge is 2.49. The van der Waals surface area contributed by atoms with Gasteiger partial charge in [-0.1, -0.05) is 42.5 Å². The monoisotopic (exact) mass is 430 g/mol. The summed E-state index contributed by atoms with van der Waals surface area (Å²) < 4.78 is 27.1. The average molecular weight is 430 g/mol. The summed E-state index contributed by atoms with van der Waals surface area (Å²) in [5.41, 5.74) is -1.35. The number of carboxylic acids is 1. The zero-order valence-electron chi connectivity index (χ0n) is 16.4. The van der Waals surface area contributed by atoms with Crippen molar-refractivity contribution in [3.8, 4) is 0 Å². The number of carbonyl (C=O) groups excluding carboxylic acids is 3. The van der Waals surface area contributed by atoms with E-state index in [4.69, 9.17) is 0 Å². The molecule has 0 aliphatic carbocycles. The maximum atomic E-state index is 14.2. The van der Waals surface area contributed by atoms with E-state index in [2.05, 4.69) is 5.32 Å². The number of rotatable bonds is 7. The third-order valence-corrected chi connectivity index (χ3v) is 5.08. The number of carbonyl (C=O) groups is 4. The first-order valence-electron chi connectivity index (χ1n) is 9.49. The number of nitrogens with one attached hydrogen (secondary N) is 1. The van der Waals surface area contributed by atoms with Gasteiger partial charge in [0.15, 0.2) is 11.5 Å². The van der Waals surface area contributed by atoms with Crippen molar-refractivity contribution in [2.24, 2.45) is 0 Å². The van der Waals surface area contributed by atoms with Crippen LogP contribution in [0.15, 0.2) is 54.6 Å². The van der Waals surface area contributed by atoms with E-state index in [0.29, 0.717) is 11.1 Å². The van der Waals surface area contributed by atoms with E-state index in [-0.39, 0.29) is 11.3 Å². The molecule has 1 aliphatic heterocycles. The van der Waals surface area contributed by atoms with E-state index >= 15 is 0 Å². The molecule has 2 atom stereocenters. The third-order valence-electron chi connectivity index (χ3n) is 5.08. The molecule has 1 heterocycles. The fourth-order valence-electron chi connectivity index (χ4n) is 3.40. The van der Waals surface area contributed by atoms with Crippen molar-refractivity contribution >= 4 is 23.6 Å². The number of carboxylic acid groups (broad SMARTS) is 1. The third kappa shape index (κ3) is 4.93. The van der Waals surface area contributed by atoms with Gasteiger partial charge in [-0.05, 0) is 12.1 Å². The van der Waals surface area contributed by atoms with Crippen LogP contribution in [0.2, 0.25) is 0 Å². The molecule has 9 heteroatoms. The van der Waals surface area contributed by atoms with Crippen molar-refractivity contribution in [1.82, 2.24) is 10.2 Å². The standard InChI is InChI=1S/C22H20F2N2O5/c23-12-22(24)10-17(21(30)31)26(13-22)18(27)11-25-20(29)16-8-6-15(7-9-16)19(28)14-4-2-1-3-5-14/h1-9,17H,10-13H2,(H,25,29)(H,30,31). The van der Waals surface area contributed by atoms with Crippen LogP contribution >= 0.6 is 0 Å². The van der Waals surface area contributed by atoms with E-state index in [1.54, 1.807) is 30.3 Å². The molecule has 1 aliphatic rings. The lowest BCUT2D eigenvalue weighted by atomic mass is 10.0. The van der Waals surface area contributed by atoms with Crippen molar-refractivity contribution in [2.45, 2.75) is 18.1 Å². The van der Waals surface area contributed by atoms with Gasteiger partial charge in [-0.2, -0.15) is 0 Å². The van der Waals surface area contributed by atoms with Gasteiger partial charge in [0.25, 0.3) is 5.91 Å². The Morgan fingerprint density at radius 3 is 2.16 bits per heavy atom. The van der Waals surface area contributed by atoms with Crippen molar-refractivity contribution in [3.05, 3.63) is 71.3 Å². The van der Waals surface area contributed by atoms with E-state index in [9.17, 15) is 33.1 Å². The highest BCUT2D eigenvalue weighted by Crippen LogP contribution is 2.31. The molecular weight excluding hydrogens is 410 g/mol. The molecule has 2 aromatic carbocycles. The predicted octanol–water partition coefficient (Wildman–Crippen LogP) is 2.01. The smallest absolute Gasteiger partial charge is 0.326 e. The van der Waals surface area contributed by atoms with Crippen LogP contribution in [0.1, 0.15) is 32.7 Å². The normalized spacial score (nSPS) is 20.3. The molecular formula is C22H20F2N2O5. The molecule has 0 radical (unpaired) electrons. The molecule has 0 spiro atoms. The Hall–Kier alpha value is -3.62. The summed E-state index contributed by atoms with van der Waals surface area (Å²) in [6, 6.07) is 12.9. The summed E-state index contributed by atoms with van der Waals surface area (Å²) in [5.74, 6) is -3.11. The first-order chi connectivity index (χ1) is 14.7. The van der Waals surface area contributed by atoms with Gasteiger partial charge in [-0.15, -0.1) is 0 Å². The fourth-order valence-corrected chi connectivity index (χ4v) is 3.40. The average Bonchev–Trinajstić information content (AvgIpc) is 3.16. The number of amides is 2. The lowest BCUT2D eigenvalue weighted by Gasteiger charge is -2.21. The Balaban J connectivity index is 1.61. The molecule has 1 saturated heterocycles. The van der Waals surface area contributed by atoms with Crippen LogP contribution in [-0.4, -0.2) is 65.0 Å². The van der Waals surface area contributed by atoms with Gasteiger partial charge in [0.2, 0.25) is 5.91 Å². The summed E-state index contributed by atoms with van der Waals surface area (Å²) in [6.07, 6.45) is -0.643. The van der Waals surface area contributed by atoms with Crippen LogP contribution in [-0.2, 0) is 9.59 Å². The van der Waals surface area contributed by atoms with Crippen molar-refractivity contribution in [1.29, 1.82) is 0 Å². The second-order valence-corrected chi connectivity index (χ2v) is 7.32. The SMILES string of the molecule is O=C(NCC(=O)N1CC(F)(CF)CC1C(=O)O)c1ccc(C(=O)c2ccccc2)cc1. The quantitative estimate of drug-likeness (QED) is 0.654. The summed E-state index contributed by atoms with van der Waals surface area (Å²) in [5, 5.41) is 11.5. The molecule has 162 valence electrons. The van der Waals surface area contributed by atoms with Gasteiger partial charge in [0.05, 0.1) is 13.1 Å². The Kier molecular flexibility index (Phi) is 6.43. The molecule has 2 aromatic rings. The minimum absolute atomic E-state index is 0.178. The van der Waals surface area contributed by atoms with Crippen molar-refractivity contribution in [2.75, 3.05) is 19.8 Å². The maximum Gasteiger partial charge on any atom is 0.326 e. The van der Waals surface area contributed by atoms with Crippen molar-refractivity contribution in [3.63, 3.8) is 0 Å². The maximum absolute atomic E-state index is 14.2. The molecule has 31 heavy (non-hydrogen) atoms. The Labute approximate surface area is 176 Å². The zero-order chi connectivity index (χ0) is 22.6. The molecule has 3 rings (SSSR count). The molecule has 7 nitrogen and oxygen atoms in total.